The van der Waals surface area contributed by atoms with Crippen LogP contribution in [-0.4, -0.2) is 29.4 Å². The lowest BCUT2D eigenvalue weighted by Crippen LogP contribution is -2.53. The van der Waals surface area contributed by atoms with Gasteiger partial charge >= 0.3 is 0 Å². The fourth-order valence-corrected chi connectivity index (χ4v) is 3.54. The second kappa shape index (κ2) is 7.95. The third-order valence-electron chi connectivity index (χ3n) is 4.23. The number of amides is 1. The maximum absolute atomic E-state index is 14.0. The lowest BCUT2D eigenvalue weighted by molar-refractivity contribution is -0.121. The Balaban J connectivity index is 1.88. The van der Waals surface area contributed by atoms with E-state index in [1.54, 1.807) is 6.07 Å². The van der Waals surface area contributed by atoms with Crippen molar-refractivity contribution in [1.29, 1.82) is 0 Å². The fraction of sp³-hybridized carbons (Fsp3) is 0.294. The summed E-state index contributed by atoms with van der Waals surface area (Å²) in [6.45, 7) is -0.0866. The number of benzene rings is 1. The number of carbonyl (C=O) groups is 1. The van der Waals surface area contributed by atoms with Crippen molar-refractivity contribution in [2.75, 3.05) is 16.8 Å². The highest BCUT2D eigenvalue weighted by molar-refractivity contribution is 7.97. The first kappa shape index (κ1) is 19.8. The molecule has 2 heterocycles. The van der Waals surface area contributed by atoms with Crippen molar-refractivity contribution in [1.82, 2.24) is 4.98 Å². The molecule has 1 aliphatic rings. The van der Waals surface area contributed by atoms with E-state index >= 15 is 0 Å². The molecule has 1 aliphatic heterocycles. The number of anilines is 2. The van der Waals surface area contributed by atoms with Crippen LogP contribution >= 0.6 is 23.5 Å². The average molecular weight is 417 g/mol. The maximum Gasteiger partial charge on any atom is 0.252 e. The quantitative estimate of drug-likeness (QED) is 0.735. The Kier molecular flexibility index (Phi) is 5.83. The largest absolute Gasteiger partial charge is 0.358 e. The Bertz CT molecular complexity index is 855. The number of rotatable bonds is 4. The summed E-state index contributed by atoms with van der Waals surface area (Å²) in [6, 6.07) is 5.56. The molecule has 1 aromatic heterocycles. The van der Waals surface area contributed by atoms with E-state index in [4.69, 9.17) is 16.7 Å². The van der Waals surface area contributed by atoms with E-state index in [1.165, 1.54) is 29.3 Å². The summed E-state index contributed by atoms with van der Waals surface area (Å²) in [6.07, 6.45) is 0.360. The molecule has 1 aromatic carbocycles. The number of nitrogens with two attached hydrogens (primary N) is 1. The number of pyridine rings is 1. The number of aromatic nitrogens is 1. The lowest BCUT2D eigenvalue weighted by Gasteiger charge is -2.40. The third-order valence-corrected chi connectivity index (χ3v) is 5.00. The molecule has 27 heavy (non-hydrogen) atoms. The van der Waals surface area contributed by atoms with Gasteiger partial charge in [-0.3, -0.25) is 9.93 Å². The summed E-state index contributed by atoms with van der Waals surface area (Å²) in [5.74, 6) is -4.15. The summed E-state index contributed by atoms with van der Waals surface area (Å²) >= 11 is 6.98. The molecule has 10 heteroatoms. The van der Waals surface area contributed by atoms with Crippen LogP contribution in [0.3, 0.4) is 0 Å². The normalized spacial score (nSPS) is 19.0. The van der Waals surface area contributed by atoms with Crippen LogP contribution < -0.4 is 15.4 Å². The van der Waals surface area contributed by atoms with Crippen molar-refractivity contribution in [2.45, 2.75) is 29.8 Å². The molecule has 1 saturated heterocycles. The van der Waals surface area contributed by atoms with Crippen molar-refractivity contribution in [3.63, 3.8) is 0 Å². The predicted molar refractivity (Wildman–Crippen MR) is 99.6 cm³/mol. The van der Waals surface area contributed by atoms with Crippen LogP contribution in [-0.2, 0) is 4.79 Å². The van der Waals surface area contributed by atoms with Gasteiger partial charge in [0.1, 0.15) is 16.9 Å². The number of nitrogens with one attached hydrogen (secondary N) is 1. The zero-order valence-electron chi connectivity index (χ0n) is 14.0. The number of piperidine rings is 1. The Hall–Kier alpha value is -1.97. The molecule has 5 nitrogen and oxygen atoms in total. The van der Waals surface area contributed by atoms with Gasteiger partial charge in [0.2, 0.25) is 5.91 Å². The number of carbonyl (C=O) groups excluding carboxylic acids is 1. The lowest BCUT2D eigenvalue weighted by atomic mass is 9.96. The summed E-state index contributed by atoms with van der Waals surface area (Å²) in [7, 11) is 0. The molecule has 0 bridgehead atoms. The Labute approximate surface area is 163 Å². The molecule has 1 fully saturated rings. The van der Waals surface area contributed by atoms with E-state index in [9.17, 15) is 18.0 Å². The van der Waals surface area contributed by atoms with E-state index in [1.807, 2.05) is 0 Å². The van der Waals surface area contributed by atoms with Gasteiger partial charge in [-0.15, -0.1) is 0 Å². The molecule has 0 spiro atoms. The van der Waals surface area contributed by atoms with Gasteiger partial charge in [0.05, 0.1) is 10.7 Å². The van der Waals surface area contributed by atoms with Crippen molar-refractivity contribution in [2.24, 2.45) is 5.14 Å². The molecule has 3 N–H and O–H groups in total. The number of nitrogens with zero attached hydrogens (tertiary/aromatic N) is 2. The molecule has 1 unspecified atom stereocenters. The van der Waals surface area contributed by atoms with Gasteiger partial charge in [0.25, 0.3) is 5.92 Å². The minimum absolute atomic E-state index is 0.0590. The van der Waals surface area contributed by atoms with Crippen molar-refractivity contribution >= 4 is 40.8 Å². The molecule has 1 atom stereocenters. The first-order valence-corrected chi connectivity index (χ1v) is 9.28. The highest BCUT2D eigenvalue weighted by Gasteiger charge is 2.44. The summed E-state index contributed by atoms with van der Waals surface area (Å²) in [5.41, 5.74) is 0.726. The van der Waals surface area contributed by atoms with Gasteiger partial charge < -0.3 is 10.2 Å². The number of alkyl halides is 2. The fourth-order valence-electron chi connectivity index (χ4n) is 2.95. The van der Waals surface area contributed by atoms with Gasteiger partial charge in [-0.1, -0.05) is 11.6 Å². The smallest absolute Gasteiger partial charge is 0.252 e. The third kappa shape index (κ3) is 4.66. The maximum atomic E-state index is 14.0. The van der Waals surface area contributed by atoms with Gasteiger partial charge in [-0.25, -0.2) is 18.2 Å². The first-order chi connectivity index (χ1) is 12.8. The minimum Gasteiger partial charge on any atom is -0.358 e. The molecule has 0 saturated carbocycles. The molecule has 0 aliphatic carbocycles. The second-order valence-corrected chi connectivity index (χ2v) is 7.17. The monoisotopic (exact) mass is 416 g/mol. The van der Waals surface area contributed by atoms with Gasteiger partial charge in [0, 0.05) is 31.3 Å². The zero-order valence-corrected chi connectivity index (χ0v) is 15.5. The summed E-state index contributed by atoms with van der Waals surface area (Å²) in [4.78, 5) is 18.2. The minimum atomic E-state index is -2.98. The van der Waals surface area contributed by atoms with Crippen LogP contribution in [0, 0.1) is 5.82 Å². The first-order valence-electron chi connectivity index (χ1n) is 8.02. The molecule has 144 valence electrons. The predicted octanol–water partition coefficient (Wildman–Crippen LogP) is 4.08. The topological polar surface area (TPSA) is 71.2 Å². The molecule has 3 rings (SSSR count). The van der Waals surface area contributed by atoms with Crippen LogP contribution in [0.25, 0.3) is 0 Å². The highest BCUT2D eigenvalue weighted by Crippen LogP contribution is 2.38. The SMILES string of the molecule is NSc1cc(NC(=O)C2CC(F)(F)CCN2c2ccc(F)cc2Cl)ccn1. The molecular weight excluding hydrogens is 401 g/mol. The number of halogens is 4. The standard InChI is InChI=1S/C17H16ClF3N4OS/c18-12-7-10(19)1-2-13(12)25-6-4-17(20,21)9-14(25)16(26)24-11-3-5-23-15(8-11)27-22/h1-3,5,7-8,14H,4,6,9,22H2,(H,23,24,26). The molecule has 2 aromatic rings. The second-order valence-electron chi connectivity index (χ2n) is 6.10. The molecule has 0 radical (unpaired) electrons. The van der Waals surface area contributed by atoms with Crippen LogP contribution in [0.15, 0.2) is 41.6 Å². The van der Waals surface area contributed by atoms with Crippen LogP contribution in [0.2, 0.25) is 5.02 Å². The van der Waals surface area contributed by atoms with Gasteiger partial charge in [-0.05, 0) is 42.3 Å². The van der Waals surface area contributed by atoms with E-state index in [2.05, 4.69) is 10.3 Å². The van der Waals surface area contributed by atoms with Gasteiger partial charge in [0.15, 0.2) is 0 Å². The number of hydrogen-bond acceptors (Lipinski definition) is 5. The Morgan fingerprint density at radius 3 is 2.85 bits per heavy atom. The van der Waals surface area contributed by atoms with Crippen molar-refractivity contribution in [3.8, 4) is 0 Å². The summed E-state index contributed by atoms with van der Waals surface area (Å²) in [5, 5.41) is 8.59. The Morgan fingerprint density at radius 1 is 1.37 bits per heavy atom. The van der Waals surface area contributed by atoms with Crippen LogP contribution in [0.5, 0.6) is 0 Å². The van der Waals surface area contributed by atoms with Crippen LogP contribution in [0.1, 0.15) is 12.8 Å². The van der Waals surface area contributed by atoms with E-state index < -0.39 is 36.5 Å². The molecule has 1 amide bonds. The van der Waals surface area contributed by atoms with Gasteiger partial charge in [-0.2, -0.15) is 0 Å². The molecular formula is C17H16ClF3N4OS. The average Bonchev–Trinajstić information content (AvgIpc) is 2.62. The van der Waals surface area contributed by atoms with Crippen LogP contribution in [0.4, 0.5) is 24.5 Å². The highest BCUT2D eigenvalue weighted by atomic mass is 35.5. The van der Waals surface area contributed by atoms with E-state index in [0.29, 0.717) is 16.4 Å². The van der Waals surface area contributed by atoms with Crippen molar-refractivity contribution < 1.29 is 18.0 Å². The van der Waals surface area contributed by atoms with E-state index in [-0.39, 0.29) is 11.6 Å². The number of hydrogen-bond donors (Lipinski definition) is 2. The zero-order chi connectivity index (χ0) is 19.6. The Morgan fingerprint density at radius 2 is 2.15 bits per heavy atom. The van der Waals surface area contributed by atoms with Crippen molar-refractivity contribution in [3.05, 3.63) is 47.4 Å². The summed E-state index contributed by atoms with van der Waals surface area (Å²) < 4.78 is 41.3. The van der Waals surface area contributed by atoms with E-state index in [0.717, 1.165) is 18.0 Å².